The minimum atomic E-state index is 0.672. The first-order valence-corrected chi connectivity index (χ1v) is 6.96. The number of nitrogens with zero attached hydrogens (tertiary/aromatic N) is 3. The smallest absolute Gasteiger partial charge is 0.0871 e. The quantitative estimate of drug-likeness (QED) is 0.702. The standard InChI is InChI=1S/C13H24N4/c1-2-3-4-9-17-13(10-11-5-6-11)12(7-8-14)15-16-17/h11H,2-10,14H2,1H3. The van der Waals surface area contributed by atoms with E-state index < -0.39 is 0 Å². The Morgan fingerprint density at radius 2 is 2.18 bits per heavy atom. The van der Waals surface area contributed by atoms with E-state index in [9.17, 15) is 0 Å². The highest BCUT2D eigenvalue weighted by Crippen LogP contribution is 2.33. The van der Waals surface area contributed by atoms with Crippen LogP contribution >= 0.6 is 0 Å². The van der Waals surface area contributed by atoms with E-state index in [0.717, 1.165) is 31.0 Å². The van der Waals surface area contributed by atoms with Crippen molar-refractivity contribution in [1.29, 1.82) is 0 Å². The predicted octanol–water partition coefficient (Wildman–Crippen LogP) is 1.92. The molecule has 96 valence electrons. The minimum absolute atomic E-state index is 0.672. The molecular formula is C13H24N4. The van der Waals surface area contributed by atoms with E-state index in [4.69, 9.17) is 5.73 Å². The molecule has 1 aliphatic carbocycles. The lowest BCUT2D eigenvalue weighted by molar-refractivity contribution is 0.514. The molecule has 17 heavy (non-hydrogen) atoms. The molecule has 1 heterocycles. The van der Waals surface area contributed by atoms with Crippen molar-refractivity contribution in [3.05, 3.63) is 11.4 Å². The van der Waals surface area contributed by atoms with Gasteiger partial charge in [0.05, 0.1) is 11.4 Å². The highest BCUT2D eigenvalue weighted by atomic mass is 15.4. The van der Waals surface area contributed by atoms with Crippen LogP contribution in [0.5, 0.6) is 0 Å². The molecular weight excluding hydrogens is 212 g/mol. The molecule has 4 heteroatoms. The topological polar surface area (TPSA) is 56.7 Å². The van der Waals surface area contributed by atoms with Crippen molar-refractivity contribution in [2.75, 3.05) is 6.54 Å². The van der Waals surface area contributed by atoms with Crippen molar-refractivity contribution in [2.24, 2.45) is 11.7 Å². The molecule has 0 aliphatic heterocycles. The highest BCUT2D eigenvalue weighted by Gasteiger charge is 2.25. The molecule has 0 amide bonds. The summed E-state index contributed by atoms with van der Waals surface area (Å²) in [6.45, 7) is 3.92. The largest absolute Gasteiger partial charge is 0.330 e. The second kappa shape index (κ2) is 6.15. The van der Waals surface area contributed by atoms with E-state index in [2.05, 4.69) is 21.9 Å². The maximum Gasteiger partial charge on any atom is 0.0871 e. The van der Waals surface area contributed by atoms with Gasteiger partial charge < -0.3 is 5.73 Å². The summed E-state index contributed by atoms with van der Waals surface area (Å²) < 4.78 is 2.12. The first-order valence-electron chi connectivity index (χ1n) is 6.96. The van der Waals surface area contributed by atoms with Gasteiger partial charge in [-0.05, 0) is 38.1 Å². The van der Waals surface area contributed by atoms with Gasteiger partial charge in [0.15, 0.2) is 0 Å². The third kappa shape index (κ3) is 3.53. The second-order valence-electron chi connectivity index (χ2n) is 5.10. The zero-order chi connectivity index (χ0) is 12.1. The van der Waals surface area contributed by atoms with E-state index in [1.165, 1.54) is 37.8 Å². The molecule has 0 bridgehead atoms. The van der Waals surface area contributed by atoms with Crippen LogP contribution in [0.1, 0.15) is 50.4 Å². The number of aromatic nitrogens is 3. The first-order chi connectivity index (χ1) is 8.35. The van der Waals surface area contributed by atoms with Gasteiger partial charge in [0, 0.05) is 13.0 Å². The van der Waals surface area contributed by atoms with Gasteiger partial charge in [-0.3, -0.25) is 0 Å². The summed E-state index contributed by atoms with van der Waals surface area (Å²) in [5.74, 6) is 0.884. The Bertz CT molecular complexity index is 341. The molecule has 0 radical (unpaired) electrons. The lowest BCUT2D eigenvalue weighted by Gasteiger charge is -2.07. The molecule has 0 atom stereocenters. The number of nitrogens with two attached hydrogens (primary N) is 1. The van der Waals surface area contributed by atoms with Gasteiger partial charge in [-0.15, -0.1) is 5.10 Å². The summed E-state index contributed by atoms with van der Waals surface area (Å²) in [5.41, 5.74) is 8.12. The molecule has 1 fully saturated rings. The van der Waals surface area contributed by atoms with Crippen molar-refractivity contribution < 1.29 is 0 Å². The fourth-order valence-corrected chi connectivity index (χ4v) is 2.21. The van der Waals surface area contributed by atoms with Crippen LogP contribution in [0.4, 0.5) is 0 Å². The Morgan fingerprint density at radius 3 is 2.82 bits per heavy atom. The van der Waals surface area contributed by atoms with Gasteiger partial charge >= 0.3 is 0 Å². The summed E-state index contributed by atoms with van der Waals surface area (Å²) in [5, 5.41) is 8.60. The van der Waals surface area contributed by atoms with Crippen molar-refractivity contribution in [3.8, 4) is 0 Å². The van der Waals surface area contributed by atoms with Crippen LogP contribution in [0.15, 0.2) is 0 Å². The van der Waals surface area contributed by atoms with Crippen LogP contribution < -0.4 is 5.73 Å². The number of hydrogen-bond donors (Lipinski definition) is 1. The molecule has 0 spiro atoms. The Hall–Kier alpha value is -0.900. The van der Waals surface area contributed by atoms with Crippen molar-refractivity contribution in [3.63, 3.8) is 0 Å². The molecule has 0 aromatic carbocycles. The van der Waals surface area contributed by atoms with E-state index in [-0.39, 0.29) is 0 Å². The Morgan fingerprint density at radius 1 is 1.35 bits per heavy atom. The molecule has 0 saturated heterocycles. The first kappa shape index (κ1) is 12.6. The van der Waals surface area contributed by atoms with Gasteiger partial charge in [0.1, 0.15) is 0 Å². The molecule has 1 aromatic rings. The lowest BCUT2D eigenvalue weighted by atomic mass is 10.1. The Balaban J connectivity index is 2.01. The highest BCUT2D eigenvalue weighted by molar-refractivity contribution is 5.13. The Labute approximate surface area is 104 Å². The summed E-state index contributed by atoms with van der Waals surface area (Å²) in [6.07, 6.45) is 8.52. The number of unbranched alkanes of at least 4 members (excludes halogenated alkanes) is 2. The SMILES string of the molecule is CCCCCn1nnc(CCN)c1CC1CC1. The summed E-state index contributed by atoms with van der Waals surface area (Å²) >= 11 is 0. The van der Waals surface area contributed by atoms with Gasteiger partial charge in [0.2, 0.25) is 0 Å². The third-order valence-electron chi connectivity index (χ3n) is 3.45. The van der Waals surface area contributed by atoms with Crippen molar-refractivity contribution in [2.45, 2.75) is 58.4 Å². The van der Waals surface area contributed by atoms with Gasteiger partial charge in [-0.2, -0.15) is 0 Å². The van der Waals surface area contributed by atoms with E-state index >= 15 is 0 Å². The summed E-state index contributed by atoms with van der Waals surface area (Å²) in [4.78, 5) is 0. The molecule has 1 saturated carbocycles. The fourth-order valence-electron chi connectivity index (χ4n) is 2.21. The normalized spacial score (nSPS) is 15.4. The second-order valence-corrected chi connectivity index (χ2v) is 5.10. The zero-order valence-corrected chi connectivity index (χ0v) is 10.9. The summed E-state index contributed by atoms with van der Waals surface area (Å²) in [7, 11) is 0. The van der Waals surface area contributed by atoms with Crippen LogP contribution in [0, 0.1) is 5.92 Å². The zero-order valence-electron chi connectivity index (χ0n) is 10.9. The molecule has 2 N–H and O–H groups in total. The average molecular weight is 236 g/mol. The predicted molar refractivity (Wildman–Crippen MR) is 68.7 cm³/mol. The maximum atomic E-state index is 5.63. The third-order valence-corrected chi connectivity index (χ3v) is 3.45. The van der Waals surface area contributed by atoms with Crippen molar-refractivity contribution >= 4 is 0 Å². The van der Waals surface area contributed by atoms with Gasteiger partial charge in [-0.1, -0.05) is 25.0 Å². The van der Waals surface area contributed by atoms with Crippen molar-refractivity contribution in [1.82, 2.24) is 15.0 Å². The van der Waals surface area contributed by atoms with E-state index in [0.29, 0.717) is 6.54 Å². The van der Waals surface area contributed by atoms with Crippen LogP contribution in [0.2, 0.25) is 0 Å². The van der Waals surface area contributed by atoms with E-state index in [1.807, 2.05) is 0 Å². The minimum Gasteiger partial charge on any atom is -0.330 e. The van der Waals surface area contributed by atoms with Crippen LogP contribution in [-0.2, 0) is 19.4 Å². The average Bonchev–Trinajstić information content (AvgIpc) is 3.06. The molecule has 0 unspecified atom stereocenters. The number of hydrogen-bond acceptors (Lipinski definition) is 3. The van der Waals surface area contributed by atoms with Gasteiger partial charge in [-0.25, -0.2) is 4.68 Å². The molecule has 1 aliphatic rings. The molecule has 4 nitrogen and oxygen atoms in total. The van der Waals surface area contributed by atoms with Crippen LogP contribution in [0.3, 0.4) is 0 Å². The lowest BCUT2D eigenvalue weighted by Crippen LogP contribution is -2.10. The van der Waals surface area contributed by atoms with Crippen LogP contribution in [0.25, 0.3) is 0 Å². The fraction of sp³-hybridized carbons (Fsp3) is 0.846. The van der Waals surface area contributed by atoms with E-state index in [1.54, 1.807) is 0 Å². The van der Waals surface area contributed by atoms with Crippen LogP contribution in [-0.4, -0.2) is 21.5 Å². The number of aryl methyl sites for hydroxylation is 1. The monoisotopic (exact) mass is 236 g/mol. The molecule has 2 rings (SSSR count). The molecule has 1 aromatic heterocycles. The van der Waals surface area contributed by atoms with Gasteiger partial charge in [0.25, 0.3) is 0 Å². The number of rotatable bonds is 8. The summed E-state index contributed by atoms with van der Waals surface area (Å²) in [6, 6.07) is 0. The maximum absolute atomic E-state index is 5.63. The Kier molecular flexibility index (Phi) is 4.54.